The van der Waals surface area contributed by atoms with Gasteiger partial charge in [0.15, 0.2) is 0 Å². The molecule has 0 aliphatic rings. The molecule has 0 aliphatic carbocycles. The maximum atomic E-state index is 12.5. The SMILES string of the molecule is CCOc1cccc(C(C)NC(=O)c2cnc3[nH]c(=O)[nH]c(=O)c3c2)c1. The van der Waals surface area contributed by atoms with Crippen LogP contribution in [0.1, 0.15) is 35.8 Å². The van der Waals surface area contributed by atoms with E-state index in [2.05, 4.69) is 20.3 Å². The second-order valence-electron chi connectivity index (χ2n) is 5.73. The number of aromatic amines is 2. The van der Waals surface area contributed by atoms with Gasteiger partial charge in [0, 0.05) is 6.20 Å². The Hall–Kier alpha value is -3.42. The van der Waals surface area contributed by atoms with E-state index in [-0.39, 0.29) is 28.5 Å². The maximum Gasteiger partial charge on any atom is 0.327 e. The van der Waals surface area contributed by atoms with Gasteiger partial charge in [0.1, 0.15) is 11.4 Å². The minimum Gasteiger partial charge on any atom is -0.494 e. The highest BCUT2D eigenvalue weighted by Crippen LogP contribution is 2.19. The Morgan fingerprint density at radius 3 is 2.85 bits per heavy atom. The number of carbonyl (C=O) groups is 1. The van der Waals surface area contributed by atoms with Crippen LogP contribution in [0.25, 0.3) is 11.0 Å². The molecule has 0 saturated heterocycles. The Morgan fingerprint density at radius 2 is 2.08 bits per heavy atom. The summed E-state index contributed by atoms with van der Waals surface area (Å²) in [7, 11) is 0. The van der Waals surface area contributed by atoms with Crippen molar-refractivity contribution in [2.75, 3.05) is 6.61 Å². The van der Waals surface area contributed by atoms with E-state index in [9.17, 15) is 14.4 Å². The molecule has 0 spiro atoms. The highest BCUT2D eigenvalue weighted by Gasteiger charge is 2.14. The molecule has 0 fully saturated rings. The number of hydrogen-bond donors (Lipinski definition) is 3. The van der Waals surface area contributed by atoms with E-state index in [1.54, 1.807) is 0 Å². The highest BCUT2D eigenvalue weighted by molar-refractivity contribution is 5.96. The normalized spacial score (nSPS) is 11.9. The van der Waals surface area contributed by atoms with Gasteiger partial charge in [-0.1, -0.05) is 12.1 Å². The molecule has 26 heavy (non-hydrogen) atoms. The number of fused-ring (bicyclic) bond motifs is 1. The zero-order valence-electron chi connectivity index (χ0n) is 14.3. The molecule has 2 heterocycles. The lowest BCUT2D eigenvalue weighted by molar-refractivity contribution is 0.0939. The van der Waals surface area contributed by atoms with Gasteiger partial charge in [0.2, 0.25) is 0 Å². The minimum absolute atomic E-state index is 0.132. The smallest absolute Gasteiger partial charge is 0.327 e. The summed E-state index contributed by atoms with van der Waals surface area (Å²) in [6.45, 7) is 4.31. The second-order valence-corrected chi connectivity index (χ2v) is 5.73. The molecule has 1 amide bonds. The van der Waals surface area contributed by atoms with Gasteiger partial charge in [-0.2, -0.15) is 0 Å². The van der Waals surface area contributed by atoms with Crippen LogP contribution in [0.3, 0.4) is 0 Å². The van der Waals surface area contributed by atoms with Gasteiger partial charge >= 0.3 is 5.69 Å². The summed E-state index contributed by atoms with van der Waals surface area (Å²) >= 11 is 0. The molecule has 3 N–H and O–H groups in total. The van der Waals surface area contributed by atoms with Crippen molar-refractivity contribution < 1.29 is 9.53 Å². The molecule has 0 saturated carbocycles. The van der Waals surface area contributed by atoms with Gasteiger partial charge < -0.3 is 10.1 Å². The van der Waals surface area contributed by atoms with Gasteiger partial charge in [-0.25, -0.2) is 9.78 Å². The Morgan fingerprint density at radius 1 is 1.27 bits per heavy atom. The Bertz CT molecular complexity index is 1070. The number of amides is 1. The van der Waals surface area contributed by atoms with Crippen molar-refractivity contribution in [1.82, 2.24) is 20.3 Å². The summed E-state index contributed by atoms with van der Waals surface area (Å²) in [6, 6.07) is 8.59. The van der Waals surface area contributed by atoms with Crippen molar-refractivity contribution in [3.8, 4) is 5.75 Å². The number of nitrogens with zero attached hydrogens (tertiary/aromatic N) is 1. The van der Waals surface area contributed by atoms with E-state index < -0.39 is 11.2 Å². The lowest BCUT2D eigenvalue weighted by Gasteiger charge is -2.15. The maximum absolute atomic E-state index is 12.5. The number of carbonyl (C=O) groups excluding carboxylic acids is 1. The fourth-order valence-electron chi connectivity index (χ4n) is 2.57. The molecule has 0 radical (unpaired) electrons. The van der Waals surface area contributed by atoms with E-state index in [4.69, 9.17) is 4.74 Å². The summed E-state index contributed by atoms with van der Waals surface area (Å²) in [5.41, 5.74) is 0.00854. The average Bonchev–Trinajstić information content (AvgIpc) is 2.61. The molecular weight excluding hydrogens is 336 g/mol. The number of nitrogens with one attached hydrogen (secondary N) is 3. The number of rotatable bonds is 5. The average molecular weight is 354 g/mol. The fraction of sp³-hybridized carbons (Fsp3) is 0.222. The highest BCUT2D eigenvalue weighted by atomic mass is 16.5. The molecule has 3 aromatic rings. The fourth-order valence-corrected chi connectivity index (χ4v) is 2.57. The third-order valence-corrected chi connectivity index (χ3v) is 3.87. The van der Waals surface area contributed by atoms with Crippen LogP contribution < -0.4 is 21.3 Å². The molecule has 8 nitrogen and oxygen atoms in total. The second kappa shape index (κ2) is 7.22. The zero-order chi connectivity index (χ0) is 18.7. The third-order valence-electron chi connectivity index (χ3n) is 3.87. The van der Waals surface area contributed by atoms with Crippen LogP contribution in [0, 0.1) is 0 Å². The van der Waals surface area contributed by atoms with Gasteiger partial charge in [0.05, 0.1) is 23.6 Å². The monoisotopic (exact) mass is 354 g/mol. The van der Waals surface area contributed by atoms with Crippen LogP contribution in [-0.4, -0.2) is 27.5 Å². The minimum atomic E-state index is -0.644. The zero-order valence-corrected chi connectivity index (χ0v) is 14.3. The van der Waals surface area contributed by atoms with Crippen molar-refractivity contribution in [2.24, 2.45) is 0 Å². The van der Waals surface area contributed by atoms with Crippen molar-refractivity contribution >= 4 is 16.9 Å². The van der Waals surface area contributed by atoms with Crippen molar-refractivity contribution in [1.29, 1.82) is 0 Å². The molecule has 1 unspecified atom stereocenters. The van der Waals surface area contributed by atoms with Crippen molar-refractivity contribution in [2.45, 2.75) is 19.9 Å². The van der Waals surface area contributed by atoms with Crippen LogP contribution in [-0.2, 0) is 0 Å². The van der Waals surface area contributed by atoms with Crippen molar-refractivity contribution in [3.05, 3.63) is 68.5 Å². The first kappa shape index (κ1) is 17.4. The first-order valence-corrected chi connectivity index (χ1v) is 8.14. The summed E-state index contributed by atoms with van der Waals surface area (Å²) < 4.78 is 5.47. The van der Waals surface area contributed by atoms with E-state index in [1.807, 2.05) is 38.1 Å². The number of H-pyrrole nitrogens is 2. The van der Waals surface area contributed by atoms with Gasteiger partial charge in [0.25, 0.3) is 11.5 Å². The molecule has 1 aromatic carbocycles. The molecule has 0 aliphatic heterocycles. The Balaban J connectivity index is 1.83. The van der Waals surface area contributed by atoms with E-state index >= 15 is 0 Å². The molecule has 2 aromatic heterocycles. The molecular formula is C18H18N4O4. The van der Waals surface area contributed by atoms with Crippen molar-refractivity contribution in [3.63, 3.8) is 0 Å². The van der Waals surface area contributed by atoms with E-state index in [0.29, 0.717) is 6.61 Å². The first-order chi connectivity index (χ1) is 12.5. The van der Waals surface area contributed by atoms with E-state index in [1.165, 1.54) is 12.3 Å². The predicted molar refractivity (Wildman–Crippen MR) is 96.5 cm³/mol. The number of pyridine rings is 1. The number of hydrogen-bond acceptors (Lipinski definition) is 5. The van der Waals surface area contributed by atoms with Crippen LogP contribution in [0.2, 0.25) is 0 Å². The number of ether oxygens (including phenoxy) is 1. The van der Waals surface area contributed by atoms with Crippen LogP contribution in [0.4, 0.5) is 0 Å². The molecule has 3 rings (SSSR count). The predicted octanol–water partition coefficient (Wildman–Crippen LogP) is 1.50. The number of aromatic nitrogens is 3. The topological polar surface area (TPSA) is 117 Å². The summed E-state index contributed by atoms with van der Waals surface area (Å²) in [5, 5.41) is 3.00. The first-order valence-electron chi connectivity index (χ1n) is 8.14. The van der Waals surface area contributed by atoms with Crippen LogP contribution in [0.15, 0.2) is 46.1 Å². The number of benzene rings is 1. The quantitative estimate of drug-likeness (QED) is 0.642. The summed E-state index contributed by atoms with van der Waals surface area (Å²) in [4.78, 5) is 44.1. The lowest BCUT2D eigenvalue weighted by atomic mass is 10.1. The summed E-state index contributed by atoms with van der Waals surface area (Å²) in [5.74, 6) is 0.355. The summed E-state index contributed by atoms with van der Waals surface area (Å²) in [6.07, 6.45) is 1.32. The molecule has 1 atom stereocenters. The van der Waals surface area contributed by atoms with E-state index in [0.717, 1.165) is 11.3 Å². The lowest BCUT2D eigenvalue weighted by Crippen LogP contribution is -2.27. The standard InChI is InChI=1S/C18H18N4O4/c1-3-26-13-6-4-5-11(7-13)10(2)20-16(23)12-8-14-15(19-9-12)21-18(25)22-17(14)24/h4-10H,3H2,1-2H3,(H,20,23)(H2,19,21,22,24,25). The largest absolute Gasteiger partial charge is 0.494 e. The van der Waals surface area contributed by atoms with Crippen LogP contribution >= 0.6 is 0 Å². The van der Waals surface area contributed by atoms with Gasteiger partial charge in [-0.3, -0.25) is 19.6 Å². The Labute approximate surface area is 148 Å². The van der Waals surface area contributed by atoms with Crippen LogP contribution in [0.5, 0.6) is 5.75 Å². The van der Waals surface area contributed by atoms with Gasteiger partial charge in [-0.15, -0.1) is 0 Å². The molecule has 134 valence electrons. The van der Waals surface area contributed by atoms with Gasteiger partial charge in [-0.05, 0) is 37.6 Å². The molecule has 0 bridgehead atoms. The third kappa shape index (κ3) is 3.64. The Kier molecular flexibility index (Phi) is 4.83. The molecule has 8 heteroatoms.